The van der Waals surface area contributed by atoms with Gasteiger partial charge in [-0.2, -0.15) is 0 Å². The smallest absolute Gasteiger partial charge is 0.407 e. The fourth-order valence-corrected chi connectivity index (χ4v) is 5.84. The number of alkyl carbamates (subject to hydrolysis) is 1. The second-order valence-corrected chi connectivity index (χ2v) is 9.62. The summed E-state index contributed by atoms with van der Waals surface area (Å²) >= 11 is 0. The van der Waals surface area contributed by atoms with Gasteiger partial charge in [0.25, 0.3) is 5.88 Å². The van der Waals surface area contributed by atoms with E-state index in [1.165, 1.54) is 7.11 Å². The van der Waals surface area contributed by atoms with Gasteiger partial charge in [0, 0.05) is 28.4 Å². The number of carbonyl (C=O) groups excluding carboxylic acids is 1. The highest BCUT2D eigenvalue weighted by molar-refractivity contribution is 5.89. The number of ether oxygens (including phenoxy) is 3. The summed E-state index contributed by atoms with van der Waals surface area (Å²) in [6, 6.07) is 5.22. The number of anilines is 1. The monoisotopic (exact) mass is 479 g/mol. The highest BCUT2D eigenvalue weighted by Crippen LogP contribution is 2.52. The molecule has 6 rings (SSSR count). The zero-order chi connectivity index (χ0) is 24.2. The lowest BCUT2D eigenvalue weighted by molar-refractivity contribution is 0.155. The van der Waals surface area contributed by atoms with E-state index < -0.39 is 11.9 Å². The van der Waals surface area contributed by atoms with Gasteiger partial charge in [0.05, 0.1) is 23.7 Å². The number of hydrogen-bond acceptors (Lipinski definition) is 8. The zero-order valence-electron chi connectivity index (χ0n) is 19.6. The third-order valence-electron chi connectivity index (χ3n) is 7.48. The summed E-state index contributed by atoms with van der Waals surface area (Å²) in [5, 5.41) is 6.91. The fourth-order valence-electron chi connectivity index (χ4n) is 5.84. The molecule has 0 saturated heterocycles. The molecule has 9 nitrogen and oxygen atoms in total. The lowest BCUT2D eigenvalue weighted by Crippen LogP contribution is -2.44. The maximum Gasteiger partial charge on any atom is 0.407 e. The van der Waals surface area contributed by atoms with E-state index in [2.05, 4.69) is 25.6 Å². The van der Waals surface area contributed by atoms with Crippen LogP contribution in [0.5, 0.6) is 11.6 Å². The molecule has 2 fully saturated rings. The molecule has 2 aliphatic carbocycles. The van der Waals surface area contributed by atoms with E-state index in [4.69, 9.17) is 14.2 Å². The van der Waals surface area contributed by atoms with Crippen LogP contribution in [0.2, 0.25) is 0 Å². The maximum atomic E-state index is 15.8. The van der Waals surface area contributed by atoms with Gasteiger partial charge in [-0.1, -0.05) is 0 Å². The third-order valence-corrected chi connectivity index (χ3v) is 7.48. The van der Waals surface area contributed by atoms with E-state index in [0.717, 1.165) is 32.1 Å². The number of benzene rings is 1. The Morgan fingerprint density at radius 3 is 2.63 bits per heavy atom. The topological polar surface area (TPSA) is 107 Å². The zero-order valence-corrected chi connectivity index (χ0v) is 19.6. The molecule has 1 amide bonds. The molecule has 0 atom stereocenters. The largest absolute Gasteiger partial charge is 0.484 e. The number of aromatic nitrogens is 3. The minimum absolute atomic E-state index is 0.201. The minimum Gasteiger partial charge on any atom is -0.484 e. The number of fused-ring (bicyclic) bond motifs is 4. The van der Waals surface area contributed by atoms with Crippen molar-refractivity contribution in [1.29, 1.82) is 0 Å². The highest BCUT2D eigenvalue weighted by atomic mass is 19.1. The fraction of sp³-hybridized carbons (Fsp3) is 0.440. The Labute approximate surface area is 201 Å². The van der Waals surface area contributed by atoms with Crippen LogP contribution >= 0.6 is 0 Å². The first kappa shape index (κ1) is 21.8. The Morgan fingerprint density at radius 2 is 1.83 bits per heavy atom. The summed E-state index contributed by atoms with van der Waals surface area (Å²) in [5.41, 5.74) is 1.57. The Bertz CT molecular complexity index is 1340. The van der Waals surface area contributed by atoms with E-state index >= 15 is 4.39 Å². The number of carbonyl (C=O) groups is 1. The van der Waals surface area contributed by atoms with Crippen LogP contribution in [0.15, 0.2) is 24.4 Å². The molecule has 0 unspecified atom stereocenters. The maximum absolute atomic E-state index is 15.8. The number of aryl methyl sites for hydroxylation is 1. The molecule has 1 aromatic carbocycles. The van der Waals surface area contributed by atoms with Crippen LogP contribution in [0, 0.1) is 12.7 Å². The first-order valence-corrected chi connectivity index (χ1v) is 11.8. The predicted molar refractivity (Wildman–Crippen MR) is 126 cm³/mol. The van der Waals surface area contributed by atoms with E-state index in [-0.39, 0.29) is 11.1 Å². The first-order chi connectivity index (χ1) is 16.9. The molecule has 182 valence electrons. The molecule has 3 aromatic rings. The van der Waals surface area contributed by atoms with Gasteiger partial charge >= 0.3 is 6.09 Å². The average molecular weight is 480 g/mol. The lowest BCUT2D eigenvalue weighted by atomic mass is 9.91. The molecular weight excluding hydrogens is 453 g/mol. The Kier molecular flexibility index (Phi) is 4.94. The molecule has 3 aliphatic rings. The summed E-state index contributed by atoms with van der Waals surface area (Å²) in [6.07, 6.45) is 5.46. The van der Waals surface area contributed by atoms with Crippen molar-refractivity contribution in [3.05, 3.63) is 35.9 Å². The summed E-state index contributed by atoms with van der Waals surface area (Å²) < 4.78 is 31.9. The molecule has 10 heteroatoms. The van der Waals surface area contributed by atoms with Crippen molar-refractivity contribution in [2.75, 3.05) is 25.6 Å². The predicted octanol–water partition coefficient (Wildman–Crippen LogP) is 4.13. The van der Waals surface area contributed by atoms with Gasteiger partial charge in [-0.05, 0) is 57.2 Å². The van der Waals surface area contributed by atoms with Crippen molar-refractivity contribution in [1.82, 2.24) is 20.3 Å². The standard InChI is InChI=1S/C25H26FN5O4/c1-14-18-17(4-3-15(19(18)26)16-5-10-27-21-20(16)34-11-12-35-21)29-22(28-14)30-24-6-8-25(13-24,9-7-24)31-23(32)33-2/h3-5,10H,6-9,11-13H2,1-2H3,(H,31,32)(H,28,29,30). The molecule has 2 bridgehead atoms. The van der Waals surface area contributed by atoms with Crippen molar-refractivity contribution in [3.63, 3.8) is 0 Å². The first-order valence-electron chi connectivity index (χ1n) is 11.8. The molecule has 2 aromatic heterocycles. The molecule has 2 saturated carbocycles. The number of halogens is 1. The Morgan fingerprint density at radius 1 is 1.06 bits per heavy atom. The van der Waals surface area contributed by atoms with Gasteiger partial charge < -0.3 is 24.8 Å². The van der Waals surface area contributed by atoms with Crippen LogP contribution in [0.1, 0.15) is 37.8 Å². The van der Waals surface area contributed by atoms with Gasteiger partial charge in [0.15, 0.2) is 5.75 Å². The quantitative estimate of drug-likeness (QED) is 0.575. The molecule has 0 spiro atoms. The van der Waals surface area contributed by atoms with E-state index in [1.54, 1.807) is 31.3 Å². The number of methoxy groups -OCH3 is 1. The number of amides is 1. The lowest BCUT2D eigenvalue weighted by Gasteiger charge is -2.28. The number of hydrogen-bond donors (Lipinski definition) is 2. The average Bonchev–Trinajstić information content (AvgIpc) is 3.38. The van der Waals surface area contributed by atoms with Crippen molar-refractivity contribution in [2.45, 2.75) is 50.1 Å². The minimum atomic E-state index is -0.407. The van der Waals surface area contributed by atoms with Gasteiger partial charge in [-0.25, -0.2) is 24.1 Å². The van der Waals surface area contributed by atoms with E-state index in [1.807, 2.05) is 0 Å². The SMILES string of the molecule is COC(=O)NC12CCC(Nc3nc(C)c4c(F)c(-c5ccnc6c5OCCO6)ccc4n3)(CC1)C2. The van der Waals surface area contributed by atoms with E-state index in [0.29, 0.717) is 58.5 Å². The highest BCUT2D eigenvalue weighted by Gasteiger charge is 2.55. The van der Waals surface area contributed by atoms with Crippen LogP contribution in [0.25, 0.3) is 22.0 Å². The van der Waals surface area contributed by atoms with Crippen LogP contribution in [0.4, 0.5) is 15.1 Å². The van der Waals surface area contributed by atoms with Gasteiger partial charge in [0.2, 0.25) is 5.95 Å². The van der Waals surface area contributed by atoms with Crippen molar-refractivity contribution >= 4 is 22.9 Å². The normalized spacial score (nSPS) is 24.4. The summed E-state index contributed by atoms with van der Waals surface area (Å²) in [4.78, 5) is 25.3. The molecular formula is C25H26FN5O4. The molecule has 1 aliphatic heterocycles. The number of rotatable bonds is 4. The summed E-state index contributed by atoms with van der Waals surface area (Å²) in [7, 11) is 1.38. The molecule has 0 radical (unpaired) electrons. The van der Waals surface area contributed by atoms with Crippen LogP contribution in [-0.4, -0.2) is 52.4 Å². The number of nitrogens with zero attached hydrogens (tertiary/aromatic N) is 3. The molecule has 3 heterocycles. The number of pyridine rings is 1. The summed E-state index contributed by atoms with van der Waals surface area (Å²) in [6.45, 7) is 2.58. The van der Waals surface area contributed by atoms with Crippen molar-refractivity contribution < 1.29 is 23.4 Å². The Balaban J connectivity index is 1.32. The van der Waals surface area contributed by atoms with Crippen LogP contribution in [-0.2, 0) is 4.74 Å². The second-order valence-electron chi connectivity index (χ2n) is 9.62. The second kappa shape index (κ2) is 7.93. The van der Waals surface area contributed by atoms with E-state index in [9.17, 15) is 4.79 Å². The van der Waals surface area contributed by atoms with Gasteiger partial charge in [-0.15, -0.1) is 0 Å². The van der Waals surface area contributed by atoms with Gasteiger partial charge in [0.1, 0.15) is 19.0 Å². The number of nitrogens with one attached hydrogen (secondary N) is 2. The summed E-state index contributed by atoms with van der Waals surface area (Å²) in [5.74, 6) is 0.872. The van der Waals surface area contributed by atoms with Crippen LogP contribution in [0.3, 0.4) is 0 Å². The van der Waals surface area contributed by atoms with Crippen molar-refractivity contribution in [2.24, 2.45) is 0 Å². The Hall–Kier alpha value is -3.69. The van der Waals surface area contributed by atoms with Crippen LogP contribution < -0.4 is 20.1 Å². The van der Waals surface area contributed by atoms with Gasteiger partial charge in [-0.3, -0.25) is 0 Å². The molecule has 35 heavy (non-hydrogen) atoms. The third kappa shape index (κ3) is 3.59. The van der Waals surface area contributed by atoms with Crippen molar-refractivity contribution in [3.8, 4) is 22.8 Å². The molecule has 2 N–H and O–H groups in total.